The first kappa shape index (κ1) is 18.5. The average molecular weight is 384 g/mol. The average Bonchev–Trinajstić information content (AvgIpc) is 2.57. The Morgan fingerprint density at radius 2 is 1.68 bits per heavy atom. The molecule has 25 heavy (non-hydrogen) atoms. The van der Waals surface area contributed by atoms with Crippen molar-refractivity contribution in [2.24, 2.45) is 0 Å². The van der Waals surface area contributed by atoms with Crippen LogP contribution in [0.3, 0.4) is 0 Å². The Morgan fingerprint density at radius 1 is 1.04 bits per heavy atom. The molecule has 0 fully saturated rings. The Bertz CT molecular complexity index is 857. The summed E-state index contributed by atoms with van der Waals surface area (Å²) in [6, 6.07) is 7.95. The molecule has 2 amide bonds. The van der Waals surface area contributed by atoms with Crippen LogP contribution in [0.5, 0.6) is 5.75 Å². The smallest absolute Gasteiger partial charge is 0.314 e. The first-order chi connectivity index (χ1) is 11.8. The van der Waals surface area contributed by atoms with E-state index in [1.165, 1.54) is 37.4 Å². The molecule has 0 aliphatic carbocycles. The monoisotopic (exact) mass is 383 g/mol. The SMILES string of the molecule is COc1ccc([N+](=O)[O-])cc1NC(=O)C(=O)Nc1cc(Cl)ccc1Cl. The van der Waals surface area contributed by atoms with E-state index in [0.29, 0.717) is 5.02 Å². The largest absolute Gasteiger partial charge is 0.495 e. The first-order valence-corrected chi connectivity index (χ1v) is 7.47. The Kier molecular flexibility index (Phi) is 5.79. The third-order valence-electron chi connectivity index (χ3n) is 3.02. The fourth-order valence-corrected chi connectivity index (χ4v) is 2.20. The molecule has 0 radical (unpaired) electrons. The number of ether oxygens (including phenoxy) is 1. The van der Waals surface area contributed by atoms with Gasteiger partial charge in [-0.05, 0) is 24.3 Å². The van der Waals surface area contributed by atoms with Crippen molar-refractivity contribution in [1.82, 2.24) is 0 Å². The highest BCUT2D eigenvalue weighted by atomic mass is 35.5. The van der Waals surface area contributed by atoms with E-state index in [2.05, 4.69) is 10.6 Å². The predicted octanol–water partition coefficient (Wildman–Crippen LogP) is 3.49. The minimum atomic E-state index is -1.06. The maximum Gasteiger partial charge on any atom is 0.314 e. The fraction of sp³-hybridized carbons (Fsp3) is 0.0667. The molecule has 0 heterocycles. The van der Waals surface area contributed by atoms with E-state index in [0.717, 1.165) is 6.07 Å². The van der Waals surface area contributed by atoms with Crippen molar-refractivity contribution in [3.8, 4) is 5.75 Å². The van der Waals surface area contributed by atoms with E-state index in [-0.39, 0.29) is 27.8 Å². The summed E-state index contributed by atoms with van der Waals surface area (Å²) in [5.74, 6) is -1.93. The van der Waals surface area contributed by atoms with Gasteiger partial charge in [-0.1, -0.05) is 23.2 Å². The number of benzene rings is 2. The molecule has 2 N–H and O–H groups in total. The van der Waals surface area contributed by atoms with Crippen LogP contribution in [0.25, 0.3) is 0 Å². The van der Waals surface area contributed by atoms with Crippen LogP contribution in [0.2, 0.25) is 10.0 Å². The molecule has 0 aliphatic rings. The standard InChI is InChI=1S/C15H11Cl2N3O5/c1-25-13-5-3-9(20(23)24)7-12(13)19-15(22)14(21)18-11-6-8(16)2-4-10(11)17/h2-7H,1H3,(H,18,21)(H,19,22). The molecule has 0 saturated carbocycles. The van der Waals surface area contributed by atoms with Gasteiger partial charge in [-0.3, -0.25) is 19.7 Å². The van der Waals surface area contributed by atoms with Gasteiger partial charge in [0, 0.05) is 17.2 Å². The number of carbonyl (C=O) groups excluding carboxylic acids is 2. The number of nitro groups is 1. The molecular weight excluding hydrogens is 373 g/mol. The molecule has 0 bridgehead atoms. The molecule has 0 unspecified atom stereocenters. The molecule has 0 aliphatic heterocycles. The van der Waals surface area contributed by atoms with Gasteiger partial charge in [-0.25, -0.2) is 0 Å². The van der Waals surface area contributed by atoms with Crippen molar-refractivity contribution in [2.75, 3.05) is 17.7 Å². The van der Waals surface area contributed by atoms with Crippen molar-refractivity contribution < 1.29 is 19.2 Å². The van der Waals surface area contributed by atoms with Crippen molar-refractivity contribution in [1.29, 1.82) is 0 Å². The van der Waals surface area contributed by atoms with Crippen LogP contribution in [0.1, 0.15) is 0 Å². The zero-order chi connectivity index (χ0) is 18.6. The van der Waals surface area contributed by atoms with E-state index in [4.69, 9.17) is 27.9 Å². The normalized spacial score (nSPS) is 10.0. The summed E-state index contributed by atoms with van der Waals surface area (Å²) >= 11 is 11.7. The molecule has 2 aromatic carbocycles. The maximum atomic E-state index is 12.0. The Labute approximate surface area is 151 Å². The lowest BCUT2D eigenvalue weighted by Crippen LogP contribution is -2.29. The second-order valence-electron chi connectivity index (χ2n) is 4.67. The van der Waals surface area contributed by atoms with Crippen LogP contribution in [0.4, 0.5) is 17.1 Å². The van der Waals surface area contributed by atoms with Crippen LogP contribution in [0.15, 0.2) is 36.4 Å². The van der Waals surface area contributed by atoms with Crippen molar-refractivity contribution in [2.45, 2.75) is 0 Å². The Balaban J connectivity index is 2.18. The van der Waals surface area contributed by atoms with Gasteiger partial charge >= 0.3 is 11.8 Å². The molecule has 10 heteroatoms. The summed E-state index contributed by atoms with van der Waals surface area (Å²) in [7, 11) is 1.32. The van der Waals surface area contributed by atoms with Crippen molar-refractivity contribution in [3.05, 3.63) is 56.6 Å². The first-order valence-electron chi connectivity index (χ1n) is 6.71. The third kappa shape index (κ3) is 4.59. The number of methoxy groups -OCH3 is 1. The van der Waals surface area contributed by atoms with E-state index < -0.39 is 16.7 Å². The van der Waals surface area contributed by atoms with Gasteiger partial charge in [0.15, 0.2) is 0 Å². The summed E-state index contributed by atoms with van der Waals surface area (Å²) in [4.78, 5) is 34.2. The van der Waals surface area contributed by atoms with Crippen LogP contribution < -0.4 is 15.4 Å². The van der Waals surface area contributed by atoms with Gasteiger partial charge in [-0.15, -0.1) is 0 Å². The molecule has 0 atom stereocenters. The number of nitro benzene ring substituents is 1. The highest BCUT2D eigenvalue weighted by molar-refractivity contribution is 6.45. The molecule has 8 nitrogen and oxygen atoms in total. The predicted molar refractivity (Wildman–Crippen MR) is 93.4 cm³/mol. The zero-order valence-corrected chi connectivity index (χ0v) is 14.2. The Morgan fingerprint density at radius 3 is 2.28 bits per heavy atom. The number of hydrogen-bond acceptors (Lipinski definition) is 5. The third-order valence-corrected chi connectivity index (χ3v) is 3.59. The topological polar surface area (TPSA) is 111 Å². The second kappa shape index (κ2) is 7.82. The van der Waals surface area contributed by atoms with Crippen LogP contribution >= 0.6 is 23.2 Å². The van der Waals surface area contributed by atoms with Gasteiger partial charge in [0.1, 0.15) is 5.75 Å². The molecule has 0 spiro atoms. The maximum absolute atomic E-state index is 12.0. The number of hydrogen-bond donors (Lipinski definition) is 2. The van der Waals surface area contributed by atoms with Gasteiger partial charge in [-0.2, -0.15) is 0 Å². The highest BCUT2D eigenvalue weighted by Gasteiger charge is 2.19. The summed E-state index contributed by atoms with van der Waals surface area (Å²) in [6.07, 6.45) is 0. The molecule has 130 valence electrons. The van der Waals surface area contributed by atoms with Crippen LogP contribution in [-0.4, -0.2) is 23.8 Å². The quantitative estimate of drug-likeness (QED) is 0.476. The van der Waals surface area contributed by atoms with Crippen molar-refractivity contribution in [3.63, 3.8) is 0 Å². The summed E-state index contributed by atoms with van der Waals surface area (Å²) < 4.78 is 5.01. The number of non-ortho nitro benzene ring substituents is 1. The number of nitrogens with one attached hydrogen (secondary N) is 2. The lowest BCUT2D eigenvalue weighted by atomic mass is 10.2. The van der Waals surface area contributed by atoms with E-state index in [1.807, 2.05) is 0 Å². The summed E-state index contributed by atoms with van der Waals surface area (Å²) in [5.41, 5.74) is -0.135. The lowest BCUT2D eigenvalue weighted by molar-refractivity contribution is -0.384. The van der Waals surface area contributed by atoms with E-state index >= 15 is 0 Å². The molecule has 0 aromatic heterocycles. The van der Waals surface area contributed by atoms with Gasteiger partial charge in [0.2, 0.25) is 0 Å². The summed E-state index contributed by atoms with van der Waals surface area (Å²) in [6.45, 7) is 0. The minimum absolute atomic E-state index is 0.0194. The summed E-state index contributed by atoms with van der Waals surface area (Å²) in [5, 5.41) is 15.9. The molecule has 2 aromatic rings. The lowest BCUT2D eigenvalue weighted by Gasteiger charge is -2.11. The number of anilines is 2. The number of nitrogens with zero attached hydrogens (tertiary/aromatic N) is 1. The van der Waals surface area contributed by atoms with Crippen LogP contribution in [-0.2, 0) is 9.59 Å². The molecular formula is C15H11Cl2N3O5. The molecule has 0 saturated heterocycles. The highest BCUT2D eigenvalue weighted by Crippen LogP contribution is 2.29. The minimum Gasteiger partial charge on any atom is -0.495 e. The Hall–Kier alpha value is -2.84. The second-order valence-corrected chi connectivity index (χ2v) is 5.52. The molecule has 2 rings (SSSR count). The fourth-order valence-electron chi connectivity index (χ4n) is 1.86. The van der Waals surface area contributed by atoms with Gasteiger partial charge in [0.05, 0.1) is 28.4 Å². The van der Waals surface area contributed by atoms with Crippen LogP contribution in [0, 0.1) is 10.1 Å². The number of halogens is 2. The van der Waals surface area contributed by atoms with E-state index in [1.54, 1.807) is 0 Å². The van der Waals surface area contributed by atoms with Crippen molar-refractivity contribution >= 4 is 52.1 Å². The van der Waals surface area contributed by atoms with Gasteiger partial charge < -0.3 is 15.4 Å². The van der Waals surface area contributed by atoms with E-state index in [9.17, 15) is 19.7 Å². The number of rotatable bonds is 4. The van der Waals surface area contributed by atoms with Gasteiger partial charge in [0.25, 0.3) is 5.69 Å². The number of carbonyl (C=O) groups is 2. The zero-order valence-electron chi connectivity index (χ0n) is 12.7. The number of amides is 2.